The molecule has 506 valence electrons. The van der Waals surface area contributed by atoms with Crippen molar-refractivity contribution in [2.75, 3.05) is 39.6 Å². The Morgan fingerprint density at radius 2 is 0.558 bits per heavy atom. The molecule has 0 aromatic carbocycles. The zero-order valence-electron chi connectivity index (χ0n) is 54.8. The number of ether oxygens (including phenoxy) is 4. The van der Waals surface area contributed by atoms with Gasteiger partial charge < -0.3 is 33.8 Å². The molecule has 2 unspecified atom stereocenters. The van der Waals surface area contributed by atoms with E-state index in [-0.39, 0.29) is 25.7 Å². The van der Waals surface area contributed by atoms with Crippen molar-refractivity contribution in [1.82, 2.24) is 0 Å². The monoisotopic (exact) mass is 1260 g/mol. The number of rotatable bonds is 66. The lowest BCUT2D eigenvalue weighted by Crippen LogP contribution is -2.30. The molecule has 17 nitrogen and oxygen atoms in total. The van der Waals surface area contributed by atoms with Crippen LogP contribution >= 0.6 is 15.6 Å². The average molecular weight is 1270 g/mol. The van der Waals surface area contributed by atoms with E-state index >= 15 is 0 Å². The van der Waals surface area contributed by atoms with Gasteiger partial charge in [-0.1, -0.05) is 270 Å². The summed E-state index contributed by atoms with van der Waals surface area (Å²) >= 11 is 0. The Morgan fingerprint density at radius 1 is 0.326 bits per heavy atom. The maximum atomic E-state index is 13.0. The summed E-state index contributed by atoms with van der Waals surface area (Å²) in [6, 6.07) is 0. The lowest BCUT2D eigenvalue weighted by atomic mass is 10.0. The highest BCUT2D eigenvalue weighted by Crippen LogP contribution is 2.45. The molecule has 0 amide bonds. The van der Waals surface area contributed by atoms with Crippen molar-refractivity contribution in [3.63, 3.8) is 0 Å². The number of esters is 4. The zero-order valence-corrected chi connectivity index (χ0v) is 56.6. The van der Waals surface area contributed by atoms with Crippen molar-refractivity contribution in [3.8, 4) is 0 Å². The van der Waals surface area contributed by atoms with Gasteiger partial charge in [0.1, 0.15) is 19.3 Å². The topological polar surface area (TPSA) is 237 Å². The van der Waals surface area contributed by atoms with Crippen LogP contribution in [0.2, 0.25) is 0 Å². The second-order valence-electron chi connectivity index (χ2n) is 23.5. The first-order valence-electron chi connectivity index (χ1n) is 34.6. The molecule has 0 spiro atoms. The number of hydrogen-bond donors (Lipinski definition) is 3. The number of allylic oxidation sites excluding steroid dienone is 4. The van der Waals surface area contributed by atoms with Gasteiger partial charge in [0.15, 0.2) is 12.2 Å². The van der Waals surface area contributed by atoms with Crippen molar-refractivity contribution < 1.29 is 80.2 Å². The van der Waals surface area contributed by atoms with E-state index in [2.05, 4.69) is 52.0 Å². The Balaban J connectivity index is 5.20. The maximum Gasteiger partial charge on any atom is 0.472 e. The van der Waals surface area contributed by atoms with Crippen molar-refractivity contribution in [1.29, 1.82) is 0 Å². The summed E-state index contributed by atoms with van der Waals surface area (Å²) in [5.41, 5.74) is 0. The van der Waals surface area contributed by atoms with Crippen molar-refractivity contribution in [2.24, 2.45) is 0 Å². The Bertz CT molecular complexity index is 1750. The van der Waals surface area contributed by atoms with Gasteiger partial charge in [-0.25, -0.2) is 9.13 Å². The molecule has 19 heteroatoms. The van der Waals surface area contributed by atoms with E-state index in [0.717, 1.165) is 116 Å². The zero-order chi connectivity index (χ0) is 63.3. The van der Waals surface area contributed by atoms with Crippen LogP contribution in [-0.2, 0) is 65.4 Å². The molecule has 0 saturated heterocycles. The third kappa shape index (κ3) is 60.5. The summed E-state index contributed by atoms with van der Waals surface area (Å²) in [7, 11) is -9.89. The highest BCUT2D eigenvalue weighted by molar-refractivity contribution is 7.47. The predicted molar refractivity (Wildman–Crippen MR) is 345 cm³/mol. The summed E-state index contributed by atoms with van der Waals surface area (Å²) in [6.45, 7) is 4.76. The van der Waals surface area contributed by atoms with Gasteiger partial charge in [-0.15, -0.1) is 0 Å². The van der Waals surface area contributed by atoms with E-state index < -0.39 is 97.5 Å². The molecule has 5 atom stereocenters. The molecular formula is C67H126O17P2. The van der Waals surface area contributed by atoms with Crippen molar-refractivity contribution in [2.45, 2.75) is 341 Å². The lowest BCUT2D eigenvalue weighted by Gasteiger charge is -2.21. The molecule has 0 heterocycles. The van der Waals surface area contributed by atoms with Crippen LogP contribution in [0, 0.1) is 0 Å². The fourth-order valence-corrected chi connectivity index (χ4v) is 11.2. The van der Waals surface area contributed by atoms with E-state index in [1.54, 1.807) is 0 Å². The first-order valence-corrected chi connectivity index (χ1v) is 37.6. The number of unbranched alkanes of at least 4 members (excludes halogenated alkanes) is 37. The summed E-state index contributed by atoms with van der Waals surface area (Å²) in [5.74, 6) is -2.17. The maximum absolute atomic E-state index is 13.0. The molecule has 3 N–H and O–H groups in total. The van der Waals surface area contributed by atoms with Gasteiger partial charge in [0.25, 0.3) is 0 Å². The van der Waals surface area contributed by atoms with Crippen LogP contribution < -0.4 is 0 Å². The van der Waals surface area contributed by atoms with Crippen LogP contribution in [0.25, 0.3) is 0 Å². The molecule has 0 rings (SSSR count). The van der Waals surface area contributed by atoms with Gasteiger partial charge >= 0.3 is 39.5 Å². The molecule has 0 aliphatic rings. The molecule has 0 fully saturated rings. The SMILES string of the molecule is CCCCCC/C=C\C=C/CCCCCCCC(=O)OC[C@H](COP(=O)(O)OC[C@@H](O)COP(=O)(O)OC[C@@H](COC(=O)CCCCCCC)OC(=O)CCCCCCCCCCCC)OC(=O)CCCCCCCCCCCCCCCCCC. The smallest absolute Gasteiger partial charge is 0.462 e. The summed E-state index contributed by atoms with van der Waals surface area (Å²) in [4.78, 5) is 72.1. The van der Waals surface area contributed by atoms with Crippen LogP contribution in [0.3, 0.4) is 0 Å². The predicted octanol–water partition coefficient (Wildman–Crippen LogP) is 18.7. The Morgan fingerprint density at radius 3 is 0.849 bits per heavy atom. The van der Waals surface area contributed by atoms with Crippen LogP contribution in [0.5, 0.6) is 0 Å². The second kappa shape index (κ2) is 61.4. The first-order chi connectivity index (χ1) is 41.7. The number of hydrogen-bond acceptors (Lipinski definition) is 15. The normalized spacial score (nSPS) is 14.3. The molecule has 86 heavy (non-hydrogen) atoms. The van der Waals surface area contributed by atoms with E-state index in [9.17, 15) is 43.2 Å². The van der Waals surface area contributed by atoms with Crippen molar-refractivity contribution in [3.05, 3.63) is 24.3 Å². The van der Waals surface area contributed by atoms with E-state index in [1.165, 1.54) is 128 Å². The molecule has 0 aliphatic heterocycles. The molecule has 0 aromatic rings. The van der Waals surface area contributed by atoms with Gasteiger partial charge in [0.2, 0.25) is 0 Å². The molecular weight excluding hydrogens is 1140 g/mol. The van der Waals surface area contributed by atoms with Crippen LogP contribution in [0.4, 0.5) is 0 Å². The summed E-state index contributed by atoms with van der Waals surface area (Å²) in [6.07, 6.45) is 51.1. The van der Waals surface area contributed by atoms with Gasteiger partial charge in [0, 0.05) is 25.7 Å². The van der Waals surface area contributed by atoms with E-state index in [4.69, 9.17) is 37.0 Å². The van der Waals surface area contributed by atoms with Crippen molar-refractivity contribution >= 4 is 39.5 Å². The minimum Gasteiger partial charge on any atom is -0.462 e. The number of carbonyl (C=O) groups is 4. The highest BCUT2D eigenvalue weighted by Gasteiger charge is 2.30. The molecule has 0 aliphatic carbocycles. The lowest BCUT2D eigenvalue weighted by molar-refractivity contribution is -0.161. The Kier molecular flexibility index (Phi) is 59.6. The van der Waals surface area contributed by atoms with Crippen LogP contribution in [-0.4, -0.2) is 96.7 Å². The first kappa shape index (κ1) is 83.5. The minimum absolute atomic E-state index is 0.102. The number of aliphatic hydroxyl groups excluding tert-OH is 1. The fraction of sp³-hybridized carbons (Fsp3) is 0.881. The van der Waals surface area contributed by atoms with Gasteiger partial charge in [-0.2, -0.15) is 0 Å². The summed E-state index contributed by atoms with van der Waals surface area (Å²) in [5, 5.41) is 10.5. The number of phosphoric acid groups is 2. The number of aliphatic hydroxyl groups is 1. The quantitative estimate of drug-likeness (QED) is 0.0169. The number of carbonyl (C=O) groups excluding carboxylic acids is 4. The van der Waals surface area contributed by atoms with Gasteiger partial charge in [0.05, 0.1) is 26.4 Å². The third-order valence-electron chi connectivity index (χ3n) is 15.0. The minimum atomic E-state index is -4.95. The average Bonchev–Trinajstić information content (AvgIpc) is 3.69. The second-order valence-corrected chi connectivity index (χ2v) is 26.4. The molecule has 0 bridgehead atoms. The van der Waals surface area contributed by atoms with Gasteiger partial charge in [-0.3, -0.25) is 37.3 Å². The molecule has 0 aromatic heterocycles. The number of phosphoric ester groups is 2. The fourth-order valence-electron chi connectivity index (χ4n) is 9.62. The Labute approximate surface area is 522 Å². The van der Waals surface area contributed by atoms with Crippen LogP contribution in [0.15, 0.2) is 24.3 Å². The van der Waals surface area contributed by atoms with Gasteiger partial charge in [-0.05, 0) is 51.4 Å². The van der Waals surface area contributed by atoms with Crippen LogP contribution in [0.1, 0.15) is 323 Å². The molecule has 0 saturated carbocycles. The van der Waals surface area contributed by atoms with E-state index in [0.29, 0.717) is 25.7 Å². The third-order valence-corrected chi connectivity index (χ3v) is 16.9. The largest absolute Gasteiger partial charge is 0.472 e. The summed E-state index contributed by atoms with van der Waals surface area (Å²) < 4.78 is 67.9. The molecule has 0 radical (unpaired) electrons. The highest BCUT2D eigenvalue weighted by atomic mass is 31.2. The van der Waals surface area contributed by atoms with E-state index in [1.807, 2.05) is 0 Å². The Hall–Kier alpha value is -2.46. The standard InChI is InChI=1S/C67H126O17P2/c1-5-9-13-17-20-23-26-28-30-32-34-36-39-42-46-50-54-67(72)84-63(58-78-65(70)52-48-44-40-38-35-33-31-29-27-24-21-18-14-10-6-2)60-82-86(75,76)80-56-61(68)55-79-85(73,74)81-59-62(57-77-64(69)51-47-43-16-12-8-4)83-66(71)53-49-45-41-37-25-22-19-15-11-7-3/h24,27,29,31,61-63,68H,5-23,25-26,28,30,32-60H2,1-4H3,(H,73,74)(H,75,76)/b27-24-,31-29-/t61-,62+,63+/m0/s1.